The Morgan fingerprint density at radius 2 is 1.81 bits per heavy atom. The molecule has 7 nitrogen and oxygen atoms in total. The zero-order valence-corrected chi connectivity index (χ0v) is 19.2. The Labute approximate surface area is 191 Å². The Morgan fingerprint density at radius 1 is 1.10 bits per heavy atom. The van der Waals surface area contributed by atoms with Gasteiger partial charge in [-0.05, 0) is 49.6 Å². The topological polar surface area (TPSA) is 92.8 Å². The van der Waals surface area contributed by atoms with E-state index in [0.717, 1.165) is 19.3 Å². The fourth-order valence-electron chi connectivity index (χ4n) is 3.25. The molecular weight excluding hydrogens is 463 g/mol. The van der Waals surface area contributed by atoms with E-state index >= 15 is 0 Å². The fraction of sp³-hybridized carbons (Fsp3) is 0.333. The molecular formula is C21H22Cl2N2O5S. The number of carbonyl (C=O) groups excluding carboxylic acids is 2. The van der Waals surface area contributed by atoms with Gasteiger partial charge in [-0.1, -0.05) is 41.8 Å². The summed E-state index contributed by atoms with van der Waals surface area (Å²) < 4.78 is 32.5. The van der Waals surface area contributed by atoms with Gasteiger partial charge in [-0.15, -0.1) is 0 Å². The van der Waals surface area contributed by atoms with Gasteiger partial charge < -0.3 is 10.1 Å². The summed E-state index contributed by atoms with van der Waals surface area (Å²) in [5.74, 6) is -1.41. The van der Waals surface area contributed by atoms with Crippen LogP contribution >= 0.6 is 23.2 Å². The number of nitrogens with zero attached hydrogens (tertiary/aromatic N) is 1. The van der Waals surface area contributed by atoms with Crippen LogP contribution in [0.15, 0.2) is 41.3 Å². The number of rotatable bonds is 6. The minimum absolute atomic E-state index is 0.0507. The molecule has 166 valence electrons. The summed E-state index contributed by atoms with van der Waals surface area (Å²) in [7, 11) is -3.71. The number of sulfonamides is 1. The number of aryl methyl sites for hydroxylation is 1. The molecule has 31 heavy (non-hydrogen) atoms. The van der Waals surface area contributed by atoms with Crippen LogP contribution in [-0.4, -0.2) is 44.3 Å². The first-order chi connectivity index (χ1) is 14.7. The molecule has 0 saturated carbocycles. The Hall–Kier alpha value is -2.13. The lowest BCUT2D eigenvalue weighted by atomic mass is 10.1. The summed E-state index contributed by atoms with van der Waals surface area (Å²) in [6.45, 7) is 2.03. The van der Waals surface area contributed by atoms with E-state index in [1.807, 2.05) is 0 Å². The van der Waals surface area contributed by atoms with Crippen molar-refractivity contribution in [3.8, 4) is 0 Å². The van der Waals surface area contributed by atoms with Crippen LogP contribution in [0.5, 0.6) is 0 Å². The third kappa shape index (κ3) is 5.57. The number of hydrogen-bond acceptors (Lipinski definition) is 5. The van der Waals surface area contributed by atoms with Gasteiger partial charge in [0.05, 0.1) is 26.2 Å². The normalized spacial score (nSPS) is 14.8. The van der Waals surface area contributed by atoms with Crippen LogP contribution in [-0.2, 0) is 19.6 Å². The molecule has 1 aliphatic rings. The molecule has 3 rings (SSSR count). The van der Waals surface area contributed by atoms with E-state index < -0.39 is 28.5 Å². The predicted octanol–water partition coefficient (Wildman–Crippen LogP) is 4.27. The Balaban J connectivity index is 1.69. The summed E-state index contributed by atoms with van der Waals surface area (Å²) in [5, 5.41) is 2.96. The lowest BCUT2D eigenvalue weighted by molar-refractivity contribution is -0.119. The molecule has 0 unspecified atom stereocenters. The summed E-state index contributed by atoms with van der Waals surface area (Å²) in [5.41, 5.74) is 0.880. The maximum absolute atomic E-state index is 13.0. The molecule has 1 heterocycles. The van der Waals surface area contributed by atoms with Crippen molar-refractivity contribution < 1.29 is 22.7 Å². The van der Waals surface area contributed by atoms with E-state index in [1.165, 1.54) is 16.4 Å². The largest absolute Gasteiger partial charge is 0.452 e. The predicted molar refractivity (Wildman–Crippen MR) is 119 cm³/mol. The zero-order valence-electron chi connectivity index (χ0n) is 16.9. The molecule has 1 saturated heterocycles. The number of piperidine rings is 1. The third-order valence-corrected chi connectivity index (χ3v) is 7.78. The monoisotopic (exact) mass is 484 g/mol. The summed E-state index contributed by atoms with van der Waals surface area (Å²) in [6.07, 6.45) is 2.62. The number of benzene rings is 2. The maximum Gasteiger partial charge on any atom is 0.338 e. The molecule has 0 radical (unpaired) electrons. The van der Waals surface area contributed by atoms with Crippen molar-refractivity contribution in [1.82, 2.24) is 4.31 Å². The van der Waals surface area contributed by atoms with Crippen LogP contribution < -0.4 is 5.32 Å². The smallest absolute Gasteiger partial charge is 0.338 e. The molecule has 0 aromatic heterocycles. The highest BCUT2D eigenvalue weighted by atomic mass is 35.5. The fourth-order valence-corrected chi connectivity index (χ4v) is 5.37. The van der Waals surface area contributed by atoms with Crippen LogP contribution in [0.1, 0.15) is 35.2 Å². The second-order valence-electron chi connectivity index (χ2n) is 7.17. The van der Waals surface area contributed by atoms with Crippen molar-refractivity contribution in [2.24, 2.45) is 0 Å². The van der Waals surface area contributed by atoms with Gasteiger partial charge in [0, 0.05) is 13.1 Å². The number of carbonyl (C=O) groups is 2. The lowest BCUT2D eigenvalue weighted by Crippen LogP contribution is -2.36. The minimum Gasteiger partial charge on any atom is -0.452 e. The summed E-state index contributed by atoms with van der Waals surface area (Å²) >= 11 is 11.9. The average Bonchev–Trinajstić information content (AvgIpc) is 2.76. The van der Waals surface area contributed by atoms with Gasteiger partial charge in [-0.25, -0.2) is 13.2 Å². The summed E-state index contributed by atoms with van der Waals surface area (Å²) in [6, 6.07) is 9.08. The number of halogens is 2. The quantitative estimate of drug-likeness (QED) is 0.617. The SMILES string of the molecule is Cc1ccc(C(=O)OCC(=O)Nc2cccc(Cl)c2Cl)cc1S(=O)(=O)N1CCCCC1. The van der Waals surface area contributed by atoms with Crippen molar-refractivity contribution in [3.63, 3.8) is 0 Å². The van der Waals surface area contributed by atoms with Gasteiger partial charge >= 0.3 is 5.97 Å². The molecule has 0 atom stereocenters. The van der Waals surface area contributed by atoms with Crippen molar-refractivity contribution in [2.75, 3.05) is 25.0 Å². The van der Waals surface area contributed by atoms with Crippen molar-refractivity contribution in [2.45, 2.75) is 31.1 Å². The van der Waals surface area contributed by atoms with E-state index in [9.17, 15) is 18.0 Å². The highest BCUT2D eigenvalue weighted by Gasteiger charge is 2.28. The number of amides is 1. The van der Waals surface area contributed by atoms with Gasteiger partial charge in [0.1, 0.15) is 0 Å². The van der Waals surface area contributed by atoms with Crippen LogP contribution in [0.2, 0.25) is 10.0 Å². The minimum atomic E-state index is -3.71. The number of hydrogen-bond donors (Lipinski definition) is 1. The van der Waals surface area contributed by atoms with Crippen LogP contribution in [0.25, 0.3) is 0 Å². The van der Waals surface area contributed by atoms with Gasteiger partial charge in [0.2, 0.25) is 10.0 Å². The van der Waals surface area contributed by atoms with Crippen molar-refractivity contribution in [3.05, 3.63) is 57.6 Å². The molecule has 10 heteroatoms. The molecule has 1 amide bonds. The molecule has 1 fully saturated rings. The van der Waals surface area contributed by atoms with Crippen molar-refractivity contribution in [1.29, 1.82) is 0 Å². The van der Waals surface area contributed by atoms with Gasteiger partial charge in [0.25, 0.3) is 5.91 Å². The standard InChI is InChI=1S/C21H22Cl2N2O5S/c1-14-8-9-15(12-18(14)31(28,29)25-10-3-2-4-11-25)21(27)30-13-19(26)24-17-7-5-6-16(22)20(17)23/h5-9,12H,2-4,10-11,13H2,1H3,(H,24,26). The summed E-state index contributed by atoms with van der Waals surface area (Å²) in [4.78, 5) is 24.6. The maximum atomic E-state index is 13.0. The molecule has 0 aliphatic carbocycles. The molecule has 0 spiro atoms. The third-order valence-electron chi connectivity index (χ3n) is 4.92. The Kier molecular flexibility index (Phi) is 7.59. The molecule has 0 bridgehead atoms. The first-order valence-corrected chi connectivity index (χ1v) is 11.9. The van der Waals surface area contributed by atoms with Crippen molar-refractivity contribution >= 4 is 50.8 Å². The average molecular weight is 485 g/mol. The van der Waals surface area contributed by atoms with E-state index in [2.05, 4.69) is 5.32 Å². The number of esters is 1. The zero-order chi connectivity index (χ0) is 22.6. The van der Waals surface area contributed by atoms with Gasteiger partial charge in [-0.3, -0.25) is 4.79 Å². The number of ether oxygens (including phenoxy) is 1. The number of anilines is 1. The van der Waals surface area contributed by atoms with Gasteiger partial charge in [0.15, 0.2) is 6.61 Å². The highest BCUT2D eigenvalue weighted by Crippen LogP contribution is 2.29. The first-order valence-electron chi connectivity index (χ1n) is 9.72. The second-order valence-corrected chi connectivity index (χ2v) is 9.86. The molecule has 1 N–H and O–H groups in total. The van der Waals surface area contributed by atoms with Gasteiger partial charge in [-0.2, -0.15) is 4.31 Å². The Morgan fingerprint density at radius 3 is 2.52 bits per heavy atom. The second kappa shape index (κ2) is 9.99. The van der Waals surface area contributed by atoms with E-state index in [-0.39, 0.29) is 20.5 Å². The van der Waals surface area contributed by atoms with E-state index in [1.54, 1.807) is 31.2 Å². The first kappa shape index (κ1) is 23.5. The van der Waals surface area contributed by atoms with Crippen LogP contribution in [0, 0.1) is 6.92 Å². The molecule has 2 aromatic rings. The van der Waals surface area contributed by atoms with E-state index in [0.29, 0.717) is 24.3 Å². The molecule has 2 aromatic carbocycles. The highest BCUT2D eigenvalue weighted by molar-refractivity contribution is 7.89. The van der Waals surface area contributed by atoms with Crippen LogP contribution in [0.4, 0.5) is 5.69 Å². The van der Waals surface area contributed by atoms with Crippen LogP contribution in [0.3, 0.4) is 0 Å². The molecule has 1 aliphatic heterocycles. The van der Waals surface area contributed by atoms with E-state index in [4.69, 9.17) is 27.9 Å². The lowest BCUT2D eigenvalue weighted by Gasteiger charge is -2.26. The Bertz CT molecular complexity index is 1100. The number of nitrogens with one attached hydrogen (secondary N) is 1.